The zero-order valence-corrected chi connectivity index (χ0v) is 18.8. The molecular formula is C28H25N3O3. The zero-order chi connectivity index (χ0) is 23.8. The standard InChI is InChI=1S/C28H25N3O3/c1-2-34-27(32)26(31-33)24-19-12-20-25(29-24)30-28(21-13-6-3-7-14-21,22-15-8-4-9-16-22)23-17-10-5-11-18-23/h3-20,33H,2H2,1H3,(H,29,30). The third-order valence-electron chi connectivity index (χ3n) is 5.50. The van der Waals surface area contributed by atoms with Gasteiger partial charge in [0.15, 0.2) is 0 Å². The summed E-state index contributed by atoms with van der Waals surface area (Å²) in [4.78, 5) is 16.9. The average molecular weight is 452 g/mol. The summed E-state index contributed by atoms with van der Waals surface area (Å²) in [5, 5.41) is 16.2. The molecule has 1 aromatic heterocycles. The number of carbonyl (C=O) groups is 1. The van der Waals surface area contributed by atoms with Crippen molar-refractivity contribution in [2.75, 3.05) is 11.9 Å². The minimum atomic E-state index is -0.782. The Labute approximate surface area is 198 Å². The van der Waals surface area contributed by atoms with Crippen molar-refractivity contribution in [2.24, 2.45) is 5.16 Å². The Kier molecular flexibility index (Phi) is 6.98. The lowest BCUT2D eigenvalue weighted by atomic mass is 9.77. The number of carbonyl (C=O) groups excluding carboxylic acids is 1. The van der Waals surface area contributed by atoms with E-state index in [1.807, 2.05) is 60.7 Å². The number of nitrogens with one attached hydrogen (secondary N) is 1. The van der Waals surface area contributed by atoms with E-state index < -0.39 is 11.5 Å². The highest BCUT2D eigenvalue weighted by molar-refractivity contribution is 6.42. The molecule has 3 aromatic carbocycles. The summed E-state index contributed by atoms with van der Waals surface area (Å²) in [5.41, 5.74) is 2.21. The van der Waals surface area contributed by atoms with Gasteiger partial charge in [-0.1, -0.05) is 102 Å². The highest BCUT2D eigenvalue weighted by Gasteiger charge is 2.36. The van der Waals surface area contributed by atoms with Crippen LogP contribution in [0.3, 0.4) is 0 Å². The molecule has 4 aromatic rings. The van der Waals surface area contributed by atoms with Crippen LogP contribution in [0.2, 0.25) is 0 Å². The number of hydrogen-bond acceptors (Lipinski definition) is 6. The number of nitrogens with zero attached hydrogens (tertiary/aromatic N) is 2. The molecule has 0 saturated heterocycles. The number of rotatable bonds is 8. The first-order valence-corrected chi connectivity index (χ1v) is 11.0. The Bertz CT molecular complexity index is 1160. The van der Waals surface area contributed by atoms with Gasteiger partial charge in [0, 0.05) is 0 Å². The normalized spacial score (nSPS) is 11.6. The molecule has 6 heteroatoms. The molecule has 34 heavy (non-hydrogen) atoms. The Balaban J connectivity index is 1.89. The van der Waals surface area contributed by atoms with E-state index in [-0.39, 0.29) is 18.0 Å². The van der Waals surface area contributed by atoms with Crippen LogP contribution in [0, 0.1) is 0 Å². The third kappa shape index (κ3) is 4.52. The van der Waals surface area contributed by atoms with E-state index in [1.165, 1.54) is 0 Å². The molecule has 0 atom stereocenters. The molecule has 0 aliphatic rings. The van der Waals surface area contributed by atoms with Crippen LogP contribution in [0.25, 0.3) is 0 Å². The molecular weight excluding hydrogens is 426 g/mol. The lowest BCUT2D eigenvalue weighted by Gasteiger charge is -2.37. The van der Waals surface area contributed by atoms with Crippen molar-refractivity contribution < 1.29 is 14.7 Å². The van der Waals surface area contributed by atoms with Crippen molar-refractivity contribution in [1.82, 2.24) is 4.98 Å². The van der Waals surface area contributed by atoms with Gasteiger partial charge >= 0.3 is 5.97 Å². The molecule has 0 aliphatic carbocycles. The lowest BCUT2D eigenvalue weighted by Crippen LogP contribution is -2.38. The summed E-state index contributed by atoms with van der Waals surface area (Å²) in [6, 6.07) is 35.5. The molecule has 0 bridgehead atoms. The highest BCUT2D eigenvalue weighted by Crippen LogP contribution is 2.39. The number of esters is 1. The van der Waals surface area contributed by atoms with Crippen molar-refractivity contribution >= 4 is 17.5 Å². The van der Waals surface area contributed by atoms with Crippen LogP contribution in [0.1, 0.15) is 29.3 Å². The largest absolute Gasteiger partial charge is 0.461 e. The molecule has 6 nitrogen and oxygen atoms in total. The fraction of sp³-hybridized carbons (Fsp3) is 0.107. The van der Waals surface area contributed by atoms with Crippen molar-refractivity contribution in [2.45, 2.75) is 12.5 Å². The zero-order valence-electron chi connectivity index (χ0n) is 18.8. The topological polar surface area (TPSA) is 83.8 Å². The first-order valence-electron chi connectivity index (χ1n) is 11.0. The second kappa shape index (κ2) is 10.4. The quantitative estimate of drug-likeness (QED) is 0.126. The maximum absolute atomic E-state index is 12.3. The number of pyridine rings is 1. The molecule has 0 fully saturated rings. The highest BCUT2D eigenvalue weighted by atomic mass is 16.5. The summed E-state index contributed by atoms with van der Waals surface area (Å²) in [7, 11) is 0. The Morgan fingerprint density at radius 2 is 1.32 bits per heavy atom. The van der Waals surface area contributed by atoms with Gasteiger partial charge in [-0.05, 0) is 35.7 Å². The minimum absolute atomic E-state index is 0.162. The van der Waals surface area contributed by atoms with Crippen LogP contribution in [0.15, 0.2) is 114 Å². The van der Waals surface area contributed by atoms with Crippen LogP contribution in [0.4, 0.5) is 5.82 Å². The molecule has 0 radical (unpaired) electrons. The molecule has 170 valence electrons. The number of hydrogen-bond donors (Lipinski definition) is 2. The maximum Gasteiger partial charge on any atom is 0.362 e. The number of aromatic nitrogens is 1. The van der Waals surface area contributed by atoms with E-state index in [0.717, 1.165) is 16.7 Å². The van der Waals surface area contributed by atoms with Crippen LogP contribution < -0.4 is 5.32 Å². The SMILES string of the molecule is CCOC(=O)C(=NO)c1cccc(NC(c2ccccc2)(c2ccccc2)c2ccccc2)n1. The molecule has 0 spiro atoms. The monoisotopic (exact) mass is 451 g/mol. The average Bonchev–Trinajstić information content (AvgIpc) is 2.90. The first kappa shape index (κ1) is 22.7. The van der Waals surface area contributed by atoms with Gasteiger partial charge in [0.1, 0.15) is 17.1 Å². The van der Waals surface area contributed by atoms with Gasteiger partial charge in [0.05, 0.1) is 6.61 Å². The van der Waals surface area contributed by atoms with E-state index >= 15 is 0 Å². The van der Waals surface area contributed by atoms with Crippen LogP contribution >= 0.6 is 0 Å². The van der Waals surface area contributed by atoms with Gasteiger partial charge in [-0.2, -0.15) is 0 Å². The second-order valence-electron chi connectivity index (χ2n) is 7.55. The summed E-state index contributed by atoms with van der Waals surface area (Å²) >= 11 is 0. The molecule has 0 saturated carbocycles. The van der Waals surface area contributed by atoms with Gasteiger partial charge in [-0.25, -0.2) is 9.78 Å². The van der Waals surface area contributed by atoms with Gasteiger partial charge < -0.3 is 15.3 Å². The van der Waals surface area contributed by atoms with Crippen LogP contribution in [-0.4, -0.2) is 28.5 Å². The number of benzene rings is 3. The van der Waals surface area contributed by atoms with E-state index in [0.29, 0.717) is 5.82 Å². The van der Waals surface area contributed by atoms with E-state index in [9.17, 15) is 10.0 Å². The summed E-state index contributed by atoms with van der Waals surface area (Å²) in [6.45, 7) is 1.85. The molecule has 0 aliphatic heterocycles. The molecule has 0 unspecified atom stereocenters. The van der Waals surface area contributed by atoms with Crippen molar-refractivity contribution in [3.05, 3.63) is 132 Å². The Morgan fingerprint density at radius 3 is 1.76 bits per heavy atom. The van der Waals surface area contributed by atoms with Crippen LogP contribution in [-0.2, 0) is 15.1 Å². The molecule has 4 rings (SSSR count). The summed E-state index contributed by atoms with van der Waals surface area (Å²) in [5.74, 6) is -0.241. The van der Waals surface area contributed by atoms with Gasteiger partial charge in [-0.3, -0.25) is 0 Å². The number of oxime groups is 1. The third-order valence-corrected chi connectivity index (χ3v) is 5.50. The predicted molar refractivity (Wildman–Crippen MR) is 132 cm³/mol. The Morgan fingerprint density at radius 1 is 0.824 bits per heavy atom. The van der Waals surface area contributed by atoms with Crippen molar-refractivity contribution in [3.63, 3.8) is 0 Å². The van der Waals surface area contributed by atoms with Gasteiger partial charge in [0.2, 0.25) is 5.71 Å². The summed E-state index contributed by atoms with van der Waals surface area (Å²) in [6.07, 6.45) is 0. The molecule has 2 N–H and O–H groups in total. The smallest absolute Gasteiger partial charge is 0.362 e. The second-order valence-corrected chi connectivity index (χ2v) is 7.55. The lowest BCUT2D eigenvalue weighted by molar-refractivity contribution is -0.135. The summed E-state index contributed by atoms with van der Waals surface area (Å²) < 4.78 is 5.01. The number of anilines is 1. The fourth-order valence-electron chi connectivity index (χ4n) is 4.01. The van der Waals surface area contributed by atoms with E-state index in [1.54, 1.807) is 19.1 Å². The van der Waals surface area contributed by atoms with Crippen LogP contribution in [0.5, 0.6) is 0 Å². The predicted octanol–water partition coefficient (Wildman–Crippen LogP) is 5.23. The molecule has 1 heterocycles. The number of ether oxygens (including phenoxy) is 1. The van der Waals surface area contributed by atoms with Gasteiger partial charge in [-0.15, -0.1) is 0 Å². The first-order chi connectivity index (χ1) is 16.7. The fourth-order valence-corrected chi connectivity index (χ4v) is 4.01. The Hall–Kier alpha value is -4.45. The van der Waals surface area contributed by atoms with E-state index in [2.05, 4.69) is 51.9 Å². The maximum atomic E-state index is 12.3. The van der Waals surface area contributed by atoms with Crippen molar-refractivity contribution in [1.29, 1.82) is 0 Å². The molecule has 0 amide bonds. The van der Waals surface area contributed by atoms with Crippen molar-refractivity contribution in [3.8, 4) is 0 Å². The van der Waals surface area contributed by atoms with Gasteiger partial charge in [0.25, 0.3) is 0 Å². The van der Waals surface area contributed by atoms with E-state index in [4.69, 9.17) is 4.74 Å². The minimum Gasteiger partial charge on any atom is -0.461 e.